The van der Waals surface area contributed by atoms with Crippen molar-refractivity contribution in [1.82, 2.24) is 4.90 Å². The van der Waals surface area contributed by atoms with E-state index in [2.05, 4.69) is 4.90 Å². The zero-order chi connectivity index (χ0) is 22.2. The lowest BCUT2D eigenvalue weighted by atomic mass is 9.99. The number of hydrogen-bond donors (Lipinski definition) is 1. The Kier molecular flexibility index (Phi) is 5.37. The molecule has 1 saturated heterocycles. The number of amides is 2. The molecule has 3 aromatic rings. The molecule has 32 heavy (non-hydrogen) atoms. The minimum absolute atomic E-state index is 0.146. The lowest BCUT2D eigenvalue weighted by Crippen LogP contribution is -2.31. The van der Waals surface area contributed by atoms with Gasteiger partial charge >= 0.3 is 0 Å². The molecule has 0 spiro atoms. The summed E-state index contributed by atoms with van der Waals surface area (Å²) in [7, 11) is 0. The number of nitrogens with zero attached hydrogens (tertiary/aromatic N) is 2. The van der Waals surface area contributed by atoms with Crippen LogP contribution in [-0.4, -0.2) is 41.0 Å². The molecule has 1 atom stereocenters. The van der Waals surface area contributed by atoms with Crippen molar-refractivity contribution in [3.8, 4) is 11.1 Å². The predicted octanol–water partition coefficient (Wildman–Crippen LogP) is 4.42. The molecule has 2 aliphatic rings. The Morgan fingerprint density at radius 1 is 0.906 bits per heavy atom. The van der Waals surface area contributed by atoms with Crippen molar-refractivity contribution in [2.24, 2.45) is 0 Å². The SMILES string of the molecule is Cc1c(-c2ccccc2)cccc1N1C(=O)c2ccc(CN3CCCC3CO)cc2C1=O. The van der Waals surface area contributed by atoms with Crippen LogP contribution in [0.4, 0.5) is 5.69 Å². The maximum absolute atomic E-state index is 13.4. The van der Waals surface area contributed by atoms with Crippen LogP contribution in [0.3, 0.4) is 0 Å². The van der Waals surface area contributed by atoms with Gasteiger partial charge in [-0.25, -0.2) is 4.90 Å². The van der Waals surface area contributed by atoms with E-state index in [0.29, 0.717) is 23.4 Å². The van der Waals surface area contributed by atoms with E-state index in [-0.39, 0.29) is 24.5 Å². The maximum Gasteiger partial charge on any atom is 0.266 e. The summed E-state index contributed by atoms with van der Waals surface area (Å²) >= 11 is 0. The quantitative estimate of drug-likeness (QED) is 0.614. The average Bonchev–Trinajstić information content (AvgIpc) is 3.36. The molecule has 0 saturated carbocycles. The second kappa shape index (κ2) is 8.34. The molecule has 2 aliphatic heterocycles. The molecule has 5 rings (SSSR count). The molecule has 2 amide bonds. The van der Waals surface area contributed by atoms with E-state index in [9.17, 15) is 14.7 Å². The zero-order valence-electron chi connectivity index (χ0n) is 18.1. The highest BCUT2D eigenvalue weighted by Gasteiger charge is 2.38. The van der Waals surface area contributed by atoms with Crippen molar-refractivity contribution in [2.75, 3.05) is 18.1 Å². The monoisotopic (exact) mass is 426 g/mol. The van der Waals surface area contributed by atoms with Crippen molar-refractivity contribution < 1.29 is 14.7 Å². The second-order valence-electron chi connectivity index (χ2n) is 8.59. The normalized spacial score (nSPS) is 18.4. The van der Waals surface area contributed by atoms with Gasteiger partial charge in [0.2, 0.25) is 0 Å². The van der Waals surface area contributed by atoms with Crippen LogP contribution in [0.1, 0.15) is 44.7 Å². The predicted molar refractivity (Wildman–Crippen MR) is 125 cm³/mol. The highest BCUT2D eigenvalue weighted by atomic mass is 16.3. The number of fused-ring (bicyclic) bond motifs is 1. The van der Waals surface area contributed by atoms with Gasteiger partial charge in [0.25, 0.3) is 11.8 Å². The van der Waals surface area contributed by atoms with Gasteiger partial charge in [0.15, 0.2) is 0 Å². The fourth-order valence-electron chi connectivity index (χ4n) is 4.95. The molecule has 0 radical (unpaired) electrons. The molecule has 5 nitrogen and oxygen atoms in total. The second-order valence-corrected chi connectivity index (χ2v) is 8.59. The summed E-state index contributed by atoms with van der Waals surface area (Å²) in [4.78, 5) is 30.1. The first kappa shape index (κ1) is 20.6. The number of aliphatic hydroxyl groups is 1. The molecular weight excluding hydrogens is 400 g/mol. The van der Waals surface area contributed by atoms with Gasteiger partial charge in [0.05, 0.1) is 23.4 Å². The fraction of sp³-hybridized carbons (Fsp3) is 0.259. The third kappa shape index (κ3) is 3.44. The highest BCUT2D eigenvalue weighted by Crippen LogP contribution is 2.35. The number of carbonyl (C=O) groups excluding carboxylic acids is 2. The van der Waals surface area contributed by atoms with Crippen LogP contribution in [0, 0.1) is 6.92 Å². The minimum Gasteiger partial charge on any atom is -0.395 e. The number of imide groups is 1. The molecule has 0 aliphatic carbocycles. The van der Waals surface area contributed by atoms with E-state index in [1.54, 1.807) is 6.07 Å². The van der Waals surface area contributed by atoms with Crippen LogP contribution in [0.2, 0.25) is 0 Å². The van der Waals surface area contributed by atoms with Crippen molar-refractivity contribution in [1.29, 1.82) is 0 Å². The number of benzene rings is 3. The van der Waals surface area contributed by atoms with Gasteiger partial charge in [0, 0.05) is 12.6 Å². The van der Waals surface area contributed by atoms with Crippen LogP contribution in [0.15, 0.2) is 66.7 Å². The number of carbonyl (C=O) groups is 2. The van der Waals surface area contributed by atoms with Gasteiger partial charge < -0.3 is 5.11 Å². The Labute approximate surface area is 187 Å². The first-order valence-corrected chi connectivity index (χ1v) is 11.1. The van der Waals surface area contributed by atoms with Gasteiger partial charge in [-0.15, -0.1) is 0 Å². The Morgan fingerprint density at radius 2 is 1.69 bits per heavy atom. The summed E-state index contributed by atoms with van der Waals surface area (Å²) in [6, 6.07) is 21.4. The third-order valence-electron chi connectivity index (χ3n) is 6.68. The molecular formula is C27H26N2O3. The molecule has 1 fully saturated rings. The van der Waals surface area contributed by atoms with Crippen LogP contribution in [0.25, 0.3) is 11.1 Å². The molecule has 0 bridgehead atoms. The van der Waals surface area contributed by atoms with E-state index < -0.39 is 0 Å². The van der Waals surface area contributed by atoms with Crippen molar-refractivity contribution in [2.45, 2.75) is 32.4 Å². The zero-order valence-corrected chi connectivity index (χ0v) is 18.1. The standard InChI is InChI=1S/C27H26N2O3/c1-18-22(20-7-3-2-4-8-20)10-5-11-25(18)29-26(31)23-13-12-19(15-24(23)27(29)32)16-28-14-6-9-21(28)17-30/h2-5,7-8,10-13,15,21,30H,6,9,14,16-17H2,1H3. The number of rotatable bonds is 5. The Bertz CT molecular complexity index is 1190. The molecule has 162 valence electrons. The summed E-state index contributed by atoms with van der Waals surface area (Å²) in [5.41, 5.74) is 5.47. The van der Waals surface area contributed by atoms with E-state index in [4.69, 9.17) is 0 Å². The van der Waals surface area contributed by atoms with Crippen LogP contribution >= 0.6 is 0 Å². The molecule has 1 N–H and O–H groups in total. The van der Waals surface area contributed by atoms with Gasteiger partial charge in [-0.1, -0.05) is 48.5 Å². The molecule has 3 aromatic carbocycles. The lowest BCUT2D eigenvalue weighted by Gasteiger charge is -2.22. The number of aliphatic hydroxyl groups excluding tert-OH is 1. The highest BCUT2D eigenvalue weighted by molar-refractivity contribution is 6.34. The van der Waals surface area contributed by atoms with E-state index in [1.807, 2.05) is 67.6 Å². The molecule has 1 unspecified atom stereocenters. The first-order chi connectivity index (χ1) is 15.6. The first-order valence-electron chi connectivity index (χ1n) is 11.1. The number of likely N-dealkylation sites (tertiary alicyclic amines) is 1. The summed E-state index contributed by atoms with van der Waals surface area (Å²) in [5, 5.41) is 9.59. The smallest absolute Gasteiger partial charge is 0.266 e. The summed E-state index contributed by atoms with van der Waals surface area (Å²) in [6.07, 6.45) is 2.06. The van der Waals surface area contributed by atoms with Gasteiger partial charge in [0.1, 0.15) is 0 Å². The minimum atomic E-state index is -0.278. The van der Waals surface area contributed by atoms with E-state index in [1.165, 1.54) is 4.90 Å². The van der Waals surface area contributed by atoms with Crippen LogP contribution < -0.4 is 4.90 Å². The van der Waals surface area contributed by atoms with Crippen LogP contribution in [-0.2, 0) is 6.54 Å². The topological polar surface area (TPSA) is 60.9 Å². The van der Waals surface area contributed by atoms with Crippen molar-refractivity contribution in [3.05, 3.63) is 89.0 Å². The summed E-state index contributed by atoms with van der Waals surface area (Å²) < 4.78 is 0. The fourth-order valence-corrected chi connectivity index (χ4v) is 4.95. The Morgan fingerprint density at radius 3 is 2.47 bits per heavy atom. The largest absolute Gasteiger partial charge is 0.395 e. The Balaban J connectivity index is 1.47. The summed E-state index contributed by atoms with van der Waals surface area (Å²) in [6.45, 7) is 3.71. The van der Waals surface area contributed by atoms with Crippen LogP contribution in [0.5, 0.6) is 0 Å². The van der Waals surface area contributed by atoms with Crippen molar-refractivity contribution in [3.63, 3.8) is 0 Å². The summed E-state index contributed by atoms with van der Waals surface area (Å²) in [5.74, 6) is -0.556. The van der Waals surface area contributed by atoms with E-state index >= 15 is 0 Å². The maximum atomic E-state index is 13.4. The molecule has 2 heterocycles. The lowest BCUT2D eigenvalue weighted by molar-refractivity contribution is 0.0926. The number of anilines is 1. The third-order valence-corrected chi connectivity index (χ3v) is 6.68. The molecule has 0 aromatic heterocycles. The number of hydrogen-bond acceptors (Lipinski definition) is 4. The van der Waals surface area contributed by atoms with Crippen molar-refractivity contribution >= 4 is 17.5 Å². The van der Waals surface area contributed by atoms with Gasteiger partial charge in [-0.05, 0) is 66.8 Å². The average molecular weight is 427 g/mol. The van der Waals surface area contributed by atoms with Gasteiger partial charge in [-0.3, -0.25) is 14.5 Å². The van der Waals surface area contributed by atoms with Gasteiger partial charge in [-0.2, -0.15) is 0 Å². The molecule has 5 heteroatoms. The Hall–Kier alpha value is -3.28. The van der Waals surface area contributed by atoms with E-state index in [0.717, 1.165) is 41.6 Å².